The predicted octanol–water partition coefficient (Wildman–Crippen LogP) is -0.992. The van der Waals surface area contributed by atoms with E-state index < -0.39 is 47.9 Å². The number of nitrogens with two attached hydrogens (primary N) is 1. The molecular formula is C19H30N6O5S2. The standard InChI is InChI=1S/C19H30N6O5S2/c1-32-6-4-12(20)16(26)23-13(7-11-8-21-10-22-11)17(27)24-14(9-31)18(28)25-5-2-3-15(25)19(29)30/h8,10,12-15,31H,2-7,9,20H2,1H3,(H,21,22)(H,23,26)(H,24,27)(H,29,30). The molecule has 11 nitrogen and oxygen atoms in total. The lowest BCUT2D eigenvalue weighted by Crippen LogP contribution is -2.58. The van der Waals surface area contributed by atoms with Crippen molar-refractivity contribution in [1.29, 1.82) is 0 Å². The number of carbonyl (C=O) groups is 4. The molecule has 3 amide bonds. The summed E-state index contributed by atoms with van der Waals surface area (Å²) >= 11 is 5.73. The SMILES string of the molecule is CSCCC(N)C(=O)NC(Cc1cnc[nH]1)C(=O)NC(CS)C(=O)N1CCCC1C(=O)O. The number of imidazole rings is 1. The van der Waals surface area contributed by atoms with Crippen LogP contribution in [0.15, 0.2) is 12.5 Å². The zero-order chi connectivity index (χ0) is 23.7. The van der Waals surface area contributed by atoms with Crippen LogP contribution in [0.3, 0.4) is 0 Å². The first-order valence-electron chi connectivity index (χ1n) is 10.2. The van der Waals surface area contributed by atoms with Crippen LogP contribution in [0.4, 0.5) is 0 Å². The number of carbonyl (C=O) groups excluding carboxylic acids is 3. The molecule has 1 aromatic heterocycles. The predicted molar refractivity (Wildman–Crippen MR) is 123 cm³/mol. The third kappa shape index (κ3) is 7.14. The molecule has 1 aromatic rings. The van der Waals surface area contributed by atoms with Crippen LogP contribution in [-0.4, -0.2) is 92.1 Å². The van der Waals surface area contributed by atoms with Gasteiger partial charge in [-0.3, -0.25) is 14.4 Å². The van der Waals surface area contributed by atoms with Gasteiger partial charge in [0.15, 0.2) is 0 Å². The minimum Gasteiger partial charge on any atom is -0.480 e. The van der Waals surface area contributed by atoms with Crippen LogP contribution in [0.5, 0.6) is 0 Å². The Labute approximate surface area is 196 Å². The van der Waals surface area contributed by atoms with Gasteiger partial charge in [-0.1, -0.05) is 0 Å². The molecule has 0 saturated carbocycles. The molecule has 0 aromatic carbocycles. The third-order valence-electron chi connectivity index (χ3n) is 5.20. The first kappa shape index (κ1) is 26.0. The van der Waals surface area contributed by atoms with E-state index in [0.29, 0.717) is 37.3 Å². The molecule has 1 fully saturated rings. The Hall–Kier alpha value is -2.25. The number of likely N-dealkylation sites (tertiary alicyclic amines) is 1. The monoisotopic (exact) mass is 486 g/mol. The zero-order valence-corrected chi connectivity index (χ0v) is 19.5. The van der Waals surface area contributed by atoms with Crippen molar-refractivity contribution in [3.05, 3.63) is 18.2 Å². The summed E-state index contributed by atoms with van der Waals surface area (Å²) in [6.07, 6.45) is 6.39. The Morgan fingerprint density at radius 3 is 2.66 bits per heavy atom. The molecule has 1 saturated heterocycles. The molecule has 6 N–H and O–H groups in total. The maximum absolute atomic E-state index is 13.0. The molecule has 0 radical (unpaired) electrons. The molecule has 32 heavy (non-hydrogen) atoms. The number of hydrogen-bond donors (Lipinski definition) is 6. The smallest absolute Gasteiger partial charge is 0.326 e. The number of hydrogen-bond acceptors (Lipinski definition) is 8. The maximum Gasteiger partial charge on any atom is 0.326 e. The average molecular weight is 487 g/mol. The number of aromatic amines is 1. The Bertz CT molecular complexity index is 793. The van der Waals surface area contributed by atoms with E-state index >= 15 is 0 Å². The number of thioether (sulfide) groups is 1. The molecule has 0 spiro atoms. The molecule has 2 heterocycles. The Morgan fingerprint density at radius 2 is 2.06 bits per heavy atom. The quantitative estimate of drug-likeness (QED) is 0.204. The van der Waals surface area contributed by atoms with Gasteiger partial charge in [0.05, 0.1) is 12.4 Å². The minimum atomic E-state index is -1.08. The number of thiol groups is 1. The molecule has 1 aliphatic rings. The van der Waals surface area contributed by atoms with E-state index in [1.54, 1.807) is 11.8 Å². The third-order valence-corrected chi connectivity index (χ3v) is 6.21. The molecule has 2 rings (SSSR count). The van der Waals surface area contributed by atoms with E-state index in [4.69, 9.17) is 5.73 Å². The molecule has 13 heteroatoms. The van der Waals surface area contributed by atoms with Gasteiger partial charge >= 0.3 is 5.97 Å². The lowest BCUT2D eigenvalue weighted by Gasteiger charge is -2.28. The highest BCUT2D eigenvalue weighted by atomic mass is 32.2. The summed E-state index contributed by atoms with van der Waals surface area (Å²) in [5.74, 6) is -1.99. The summed E-state index contributed by atoms with van der Waals surface area (Å²) in [7, 11) is 0. The largest absolute Gasteiger partial charge is 0.480 e. The fraction of sp³-hybridized carbons (Fsp3) is 0.632. The second kappa shape index (κ2) is 12.7. The number of aliphatic carboxylic acids is 1. The molecule has 1 aliphatic heterocycles. The zero-order valence-electron chi connectivity index (χ0n) is 17.8. The van der Waals surface area contributed by atoms with E-state index in [1.807, 2.05) is 6.26 Å². The van der Waals surface area contributed by atoms with Crippen molar-refractivity contribution in [1.82, 2.24) is 25.5 Å². The number of amides is 3. The van der Waals surface area contributed by atoms with Crippen LogP contribution in [0.2, 0.25) is 0 Å². The Kier molecular flexibility index (Phi) is 10.3. The average Bonchev–Trinajstić information content (AvgIpc) is 3.46. The highest BCUT2D eigenvalue weighted by molar-refractivity contribution is 7.98. The van der Waals surface area contributed by atoms with Crippen molar-refractivity contribution in [2.45, 2.75) is 49.9 Å². The second-order valence-corrected chi connectivity index (χ2v) is 8.85. The van der Waals surface area contributed by atoms with Crippen molar-refractivity contribution in [2.24, 2.45) is 5.73 Å². The van der Waals surface area contributed by atoms with Crippen molar-refractivity contribution in [2.75, 3.05) is 24.3 Å². The molecule has 0 bridgehead atoms. The number of carboxylic acids is 1. The number of nitrogens with one attached hydrogen (secondary N) is 3. The number of carboxylic acid groups (broad SMARTS) is 1. The van der Waals surface area contributed by atoms with Crippen LogP contribution >= 0.6 is 24.4 Å². The van der Waals surface area contributed by atoms with E-state index in [0.717, 1.165) is 0 Å². The van der Waals surface area contributed by atoms with Gasteiger partial charge in [-0.05, 0) is 31.3 Å². The number of nitrogens with zero attached hydrogens (tertiary/aromatic N) is 2. The summed E-state index contributed by atoms with van der Waals surface area (Å²) in [6.45, 7) is 0.300. The van der Waals surface area contributed by atoms with Crippen molar-refractivity contribution < 1.29 is 24.3 Å². The topological polar surface area (TPSA) is 171 Å². The molecule has 0 aliphatic carbocycles. The van der Waals surface area contributed by atoms with Crippen LogP contribution in [-0.2, 0) is 25.6 Å². The van der Waals surface area contributed by atoms with E-state index in [2.05, 4.69) is 33.2 Å². The number of aromatic nitrogens is 2. The lowest BCUT2D eigenvalue weighted by atomic mass is 10.1. The highest BCUT2D eigenvalue weighted by Crippen LogP contribution is 2.19. The van der Waals surface area contributed by atoms with E-state index in [9.17, 15) is 24.3 Å². The van der Waals surface area contributed by atoms with Gasteiger partial charge in [-0.25, -0.2) is 9.78 Å². The van der Waals surface area contributed by atoms with Gasteiger partial charge in [0.1, 0.15) is 18.1 Å². The van der Waals surface area contributed by atoms with E-state index in [-0.39, 0.29) is 12.2 Å². The Balaban J connectivity index is 2.10. The van der Waals surface area contributed by atoms with Crippen LogP contribution in [0.25, 0.3) is 0 Å². The summed E-state index contributed by atoms with van der Waals surface area (Å²) in [4.78, 5) is 57.9. The Morgan fingerprint density at radius 1 is 1.34 bits per heavy atom. The second-order valence-electron chi connectivity index (χ2n) is 7.50. The fourth-order valence-corrected chi connectivity index (χ4v) is 4.16. The number of H-pyrrole nitrogens is 1. The van der Waals surface area contributed by atoms with Gasteiger partial charge in [0.2, 0.25) is 17.7 Å². The number of rotatable bonds is 12. The first-order valence-corrected chi connectivity index (χ1v) is 12.3. The molecular weight excluding hydrogens is 456 g/mol. The summed E-state index contributed by atoms with van der Waals surface area (Å²) < 4.78 is 0. The summed E-state index contributed by atoms with van der Waals surface area (Å²) in [5.41, 5.74) is 6.53. The molecule has 178 valence electrons. The van der Waals surface area contributed by atoms with Crippen LogP contribution in [0.1, 0.15) is 25.0 Å². The van der Waals surface area contributed by atoms with Gasteiger partial charge < -0.3 is 31.4 Å². The van der Waals surface area contributed by atoms with Crippen LogP contribution < -0.4 is 16.4 Å². The highest BCUT2D eigenvalue weighted by Gasteiger charge is 2.38. The van der Waals surface area contributed by atoms with E-state index in [1.165, 1.54) is 17.4 Å². The first-order chi connectivity index (χ1) is 15.3. The van der Waals surface area contributed by atoms with Gasteiger partial charge in [-0.2, -0.15) is 24.4 Å². The maximum atomic E-state index is 13.0. The summed E-state index contributed by atoms with van der Waals surface area (Å²) in [5, 5.41) is 14.6. The van der Waals surface area contributed by atoms with Gasteiger partial charge in [-0.15, -0.1) is 0 Å². The molecule has 4 unspecified atom stereocenters. The van der Waals surface area contributed by atoms with Crippen LogP contribution in [0, 0.1) is 0 Å². The molecule has 4 atom stereocenters. The van der Waals surface area contributed by atoms with Gasteiger partial charge in [0.25, 0.3) is 0 Å². The fourth-order valence-electron chi connectivity index (χ4n) is 3.43. The van der Waals surface area contributed by atoms with Crippen molar-refractivity contribution in [3.63, 3.8) is 0 Å². The normalized spacial score (nSPS) is 18.6. The van der Waals surface area contributed by atoms with Crippen molar-refractivity contribution >= 4 is 48.1 Å². The lowest BCUT2D eigenvalue weighted by molar-refractivity contribution is -0.149. The summed E-state index contributed by atoms with van der Waals surface area (Å²) in [6, 6.07) is -3.73. The van der Waals surface area contributed by atoms with Gasteiger partial charge in [0, 0.05) is 30.6 Å². The minimum absolute atomic E-state index is 0.0224. The van der Waals surface area contributed by atoms with Crippen molar-refractivity contribution in [3.8, 4) is 0 Å².